The van der Waals surface area contributed by atoms with Crippen molar-refractivity contribution >= 4 is 165 Å². The monoisotopic (exact) mass is 1130 g/mol. The van der Waals surface area contributed by atoms with Crippen LogP contribution in [0.5, 0.6) is 0 Å². The normalized spacial score (nSPS) is 16.7. The molecule has 0 spiro atoms. The molecule has 17 aromatic rings. The first-order chi connectivity index (χ1) is 52.0. The lowest BCUT2D eigenvalue weighted by atomic mass is 9.33. The van der Waals surface area contributed by atoms with E-state index in [0.29, 0.717) is 22.1 Å². The highest BCUT2D eigenvalue weighted by Gasteiger charge is 2.45. The van der Waals surface area contributed by atoms with Gasteiger partial charge >= 0.3 is 0 Å². The van der Waals surface area contributed by atoms with E-state index in [1.807, 2.05) is 164 Å². The van der Waals surface area contributed by atoms with Crippen LogP contribution in [0.25, 0.3) is 120 Å². The first-order valence-electron chi connectivity index (χ1n) is 39.8. The molecule has 87 heavy (non-hydrogen) atoms. The summed E-state index contributed by atoms with van der Waals surface area (Å²) in [6.07, 6.45) is 0. The molecule has 0 amide bonds. The van der Waals surface area contributed by atoms with Crippen molar-refractivity contribution in [2.75, 3.05) is 9.80 Å². The van der Waals surface area contributed by atoms with Crippen molar-refractivity contribution in [1.29, 1.82) is 0 Å². The molecular weight excluding hydrogens is 1050 g/mol. The van der Waals surface area contributed by atoms with Gasteiger partial charge in [-0.3, -0.25) is 0 Å². The van der Waals surface area contributed by atoms with Gasteiger partial charge in [0.2, 0.25) is 0 Å². The van der Waals surface area contributed by atoms with E-state index in [1.54, 1.807) is 0 Å². The summed E-state index contributed by atoms with van der Waals surface area (Å²) in [6.45, 7) is 4.07. The fourth-order valence-electron chi connectivity index (χ4n) is 14.2. The van der Waals surface area contributed by atoms with Crippen molar-refractivity contribution in [3.8, 4) is 11.4 Å². The van der Waals surface area contributed by atoms with Crippen LogP contribution < -0.4 is 26.2 Å². The summed E-state index contributed by atoms with van der Waals surface area (Å²) in [7, 11) is 0. The summed E-state index contributed by atoms with van der Waals surface area (Å²) in [5.41, 5.74) is -1.62. The van der Waals surface area contributed by atoms with Gasteiger partial charge in [-0.05, 0) is 154 Å². The van der Waals surface area contributed by atoms with E-state index in [0.717, 1.165) is 53.9 Å². The van der Waals surface area contributed by atoms with Crippen molar-refractivity contribution in [3.05, 3.63) is 284 Å². The predicted octanol–water partition coefficient (Wildman–Crippen LogP) is 20.2. The van der Waals surface area contributed by atoms with Crippen LogP contribution >= 0.6 is 0 Å². The zero-order valence-electron chi connectivity index (χ0n) is 68.7. The number of fused-ring (bicyclic) bond motifs is 22. The number of hydrogen-bond acceptors (Lipinski definition) is 2. The van der Waals surface area contributed by atoms with E-state index in [1.165, 1.54) is 21.3 Å². The van der Waals surface area contributed by atoms with Gasteiger partial charge in [-0.1, -0.05) is 227 Å². The second-order valence-corrected chi connectivity index (χ2v) is 23.4. The molecule has 406 valence electrons. The van der Waals surface area contributed by atoms with Crippen molar-refractivity contribution in [2.24, 2.45) is 0 Å². The number of hydrogen-bond donors (Lipinski definition) is 0. The Morgan fingerprint density at radius 3 is 0.966 bits per heavy atom. The van der Waals surface area contributed by atoms with Crippen molar-refractivity contribution in [3.63, 3.8) is 0 Å². The highest BCUT2D eigenvalue weighted by molar-refractivity contribution is 7.00. The first kappa shape index (κ1) is 31.9. The summed E-state index contributed by atoms with van der Waals surface area (Å²) in [5, 5.41) is 8.37. The van der Waals surface area contributed by atoms with Gasteiger partial charge in [0.15, 0.2) is 0 Å². The Kier molecular flexibility index (Phi) is 6.53. The fraction of sp³-hybridized carbons (Fsp3) is 0.0488. The number of para-hydroxylation sites is 4. The van der Waals surface area contributed by atoms with Crippen LogP contribution in [0, 0.1) is 0 Å². The Morgan fingerprint density at radius 1 is 0.310 bits per heavy atom. The molecule has 0 radical (unpaired) electrons. The van der Waals surface area contributed by atoms with Crippen LogP contribution in [0.15, 0.2) is 279 Å². The molecule has 2 aromatic heterocycles. The van der Waals surface area contributed by atoms with Crippen LogP contribution in [0.3, 0.4) is 0 Å². The molecule has 0 saturated heterocycles. The third-order valence-electron chi connectivity index (χ3n) is 17.8. The quantitative estimate of drug-likeness (QED) is 0.129. The maximum atomic E-state index is 11.3. The largest absolute Gasteiger partial charge is 0.311 e. The molecule has 0 unspecified atom stereocenters. The summed E-state index contributed by atoms with van der Waals surface area (Å²) < 4.78 is 218. The second kappa shape index (κ2) is 17.8. The standard InChI is InChI=1S/C82H55BN4/c1-82(2,3)50-46-77-81-78(47-50)87(74-41-21-35-66-58-25-7-5-23-54(58)56-27-9-11-33-64(56)80(66)74)76-49-52(85-71-38-18-14-30-61(71)62-31-15-19-39-72(62)85)43-45-68(76)83(81)67-44-42-51(84-69-36-16-12-28-59(69)60-29-13-17-37-70(60)84)48-75(67)86(77)73-40-20-34-65-57-24-6-4-22-53(57)55-26-8-10-32-63(55)79(65)73/h4-49H,1-3H3/i12D,13D,14D,15D,16D,17D,18D,19D,28D,29D,30D,31D,36D,37D,38D,39D,42D,43D,44D,45D,46D,47D. The Bertz CT molecular complexity index is 6570. The minimum atomic E-state index is -1.57. The van der Waals surface area contributed by atoms with Crippen LogP contribution in [-0.2, 0) is 5.41 Å². The Hall–Kier alpha value is -10.9. The van der Waals surface area contributed by atoms with Gasteiger partial charge < -0.3 is 18.9 Å². The van der Waals surface area contributed by atoms with Crippen LogP contribution in [0.4, 0.5) is 34.1 Å². The smallest absolute Gasteiger partial charge is 0.252 e. The van der Waals surface area contributed by atoms with Gasteiger partial charge in [-0.25, -0.2) is 0 Å². The Labute approximate surface area is 534 Å². The second-order valence-electron chi connectivity index (χ2n) is 23.4. The molecule has 0 atom stereocenters. The summed E-state index contributed by atoms with van der Waals surface area (Å²) in [5.74, 6) is 0. The van der Waals surface area contributed by atoms with E-state index in [9.17, 15) is 19.2 Å². The molecule has 15 aromatic carbocycles. The number of benzene rings is 15. The van der Waals surface area contributed by atoms with E-state index in [-0.39, 0.29) is 112 Å². The molecule has 5 heteroatoms. The fourth-order valence-corrected chi connectivity index (χ4v) is 14.2. The average Bonchev–Trinajstić information content (AvgIpc) is 1.08. The molecule has 0 bridgehead atoms. The number of rotatable bonds is 4. The molecule has 19 rings (SSSR count). The average molecular weight is 1130 g/mol. The van der Waals surface area contributed by atoms with Crippen molar-refractivity contribution in [2.45, 2.75) is 26.2 Å². The lowest BCUT2D eigenvalue weighted by molar-refractivity contribution is 0.590. The summed E-state index contributed by atoms with van der Waals surface area (Å²) >= 11 is 0. The molecule has 4 heterocycles. The van der Waals surface area contributed by atoms with E-state index in [2.05, 4.69) is 0 Å². The number of nitrogens with zero attached hydrogens (tertiary/aromatic N) is 4. The molecule has 2 aliphatic rings. The zero-order chi connectivity index (χ0) is 76.5. The highest BCUT2D eigenvalue weighted by Crippen LogP contribution is 2.52. The van der Waals surface area contributed by atoms with Crippen molar-refractivity contribution < 1.29 is 30.2 Å². The lowest BCUT2D eigenvalue weighted by Crippen LogP contribution is -2.61. The first-order valence-corrected chi connectivity index (χ1v) is 28.8. The molecule has 0 fully saturated rings. The SMILES string of the molecule is [2H]c1c(-n2c3c([2H])c([2H])c([2H])c([2H])c3c3c([2H])c([2H])c([2H])c([2H])c32)cc2c(c1[2H])B1c3c(cc(-n4c5c([2H])c([2H])c([2H])c([2H])c5c5c([2H])c([2H])c([2H])c([2H])c54)c([2H])c3[2H])N(c3cccc4c5ccccc5c5ccccc5c34)c3c([2H])c(C(C)(C)C)c([2H])c(c31)N2c1cccc2c3ccccc3c3ccccc3c12. The van der Waals surface area contributed by atoms with Crippen molar-refractivity contribution in [1.82, 2.24) is 9.13 Å². The third-order valence-corrected chi connectivity index (χ3v) is 17.8. The van der Waals surface area contributed by atoms with Gasteiger partial charge in [-0.2, -0.15) is 0 Å². The summed E-state index contributed by atoms with van der Waals surface area (Å²) in [4.78, 5) is 3.64. The van der Waals surface area contributed by atoms with Crippen LogP contribution in [0.1, 0.15) is 56.5 Å². The van der Waals surface area contributed by atoms with Gasteiger partial charge in [-0.15, -0.1) is 0 Å². The maximum absolute atomic E-state index is 11.3. The van der Waals surface area contributed by atoms with E-state index < -0.39 is 133 Å². The van der Waals surface area contributed by atoms with Gasteiger partial charge in [0.05, 0.1) is 63.6 Å². The number of anilines is 6. The maximum Gasteiger partial charge on any atom is 0.252 e. The predicted molar refractivity (Wildman–Crippen MR) is 373 cm³/mol. The molecule has 0 aliphatic carbocycles. The topological polar surface area (TPSA) is 16.3 Å². The molecule has 4 nitrogen and oxygen atoms in total. The van der Waals surface area contributed by atoms with Crippen LogP contribution in [0.2, 0.25) is 0 Å². The molecule has 2 aliphatic heterocycles. The lowest BCUT2D eigenvalue weighted by Gasteiger charge is -2.45. The molecular formula is C82H55BN4. The minimum Gasteiger partial charge on any atom is -0.311 e. The van der Waals surface area contributed by atoms with E-state index >= 15 is 0 Å². The van der Waals surface area contributed by atoms with Gasteiger partial charge in [0.1, 0.15) is 0 Å². The number of aromatic nitrogens is 2. The van der Waals surface area contributed by atoms with Gasteiger partial charge in [0, 0.05) is 66.4 Å². The van der Waals surface area contributed by atoms with Crippen LogP contribution in [-0.4, -0.2) is 15.8 Å². The summed E-state index contributed by atoms with van der Waals surface area (Å²) in [6, 6.07) is 32.3. The Balaban J connectivity index is 1.07. The molecule has 0 N–H and O–H groups in total. The Morgan fingerprint density at radius 2 is 0.621 bits per heavy atom. The van der Waals surface area contributed by atoms with Gasteiger partial charge in [0.25, 0.3) is 6.71 Å². The molecule has 0 saturated carbocycles. The van der Waals surface area contributed by atoms with E-state index in [4.69, 9.17) is 11.0 Å². The third kappa shape index (κ3) is 6.69. The zero-order valence-corrected chi connectivity index (χ0v) is 46.7. The minimum absolute atomic E-state index is 0.0347. The highest BCUT2D eigenvalue weighted by atomic mass is 15.2.